The van der Waals surface area contributed by atoms with Crippen LogP contribution in [0.1, 0.15) is 69.8 Å². The van der Waals surface area contributed by atoms with Gasteiger partial charge in [-0.15, -0.1) is 0 Å². The van der Waals surface area contributed by atoms with Crippen molar-refractivity contribution in [3.05, 3.63) is 268 Å². The summed E-state index contributed by atoms with van der Waals surface area (Å²) in [7, 11) is 3.22. The third kappa shape index (κ3) is 11.6. The van der Waals surface area contributed by atoms with Gasteiger partial charge in [0.2, 0.25) is 0 Å². The van der Waals surface area contributed by atoms with E-state index < -0.39 is 75.8 Å². The van der Waals surface area contributed by atoms with Crippen LogP contribution in [-0.2, 0) is 51.0 Å². The molecule has 2 aliphatic rings. The molecule has 16 nitrogen and oxygen atoms in total. The summed E-state index contributed by atoms with van der Waals surface area (Å²) in [4.78, 5) is 57.1. The van der Waals surface area contributed by atoms with Crippen molar-refractivity contribution >= 4 is 32.6 Å². The van der Waals surface area contributed by atoms with Crippen molar-refractivity contribution in [2.75, 3.05) is 27.4 Å². The number of hydrogen-bond acceptors (Lipinski definition) is 13. The van der Waals surface area contributed by atoms with Gasteiger partial charge in [-0.1, -0.05) is 0 Å². The number of ether oxygens (including phenoxy) is 6. The number of methoxy groups -OCH3 is 2. The van der Waals surface area contributed by atoms with E-state index in [-0.39, 0.29) is 26.1 Å². The molecule has 0 bridgehead atoms. The normalized spacial score (nSPS) is 20.2. The molecule has 6 aromatic carbocycles. The molecule has 2 aromatic heterocycles. The topological polar surface area (TPSA) is 184 Å². The van der Waals surface area contributed by atoms with E-state index >= 15 is 0 Å². The first-order chi connectivity index (χ1) is 38.2. The summed E-state index contributed by atoms with van der Waals surface area (Å²) in [5.41, 5.74) is 0.767. The van der Waals surface area contributed by atoms with Crippen molar-refractivity contribution < 1.29 is 37.5 Å². The summed E-state index contributed by atoms with van der Waals surface area (Å²) >= 11 is 9.30. The van der Waals surface area contributed by atoms with Gasteiger partial charge in [0.15, 0.2) is 0 Å². The van der Waals surface area contributed by atoms with Gasteiger partial charge < -0.3 is 0 Å². The molecular weight excluding hydrogens is 1110 g/mol. The molecule has 0 spiro atoms. The minimum absolute atomic E-state index is 0.0769. The number of rotatable bonds is 20. The van der Waals surface area contributed by atoms with Crippen molar-refractivity contribution in [1.82, 2.24) is 19.1 Å². The predicted octanol–water partition coefficient (Wildman–Crippen LogP) is 8.48. The fraction of sp³-hybridized carbons (Fsp3) is 0.267. The van der Waals surface area contributed by atoms with Crippen LogP contribution in [0.15, 0.2) is 201 Å². The Balaban J connectivity index is 1.00. The van der Waals surface area contributed by atoms with Crippen LogP contribution in [0.2, 0.25) is 0 Å². The van der Waals surface area contributed by atoms with Crippen LogP contribution in [0.3, 0.4) is 0 Å². The Morgan fingerprint density at radius 2 is 0.911 bits per heavy atom. The van der Waals surface area contributed by atoms with Gasteiger partial charge in [-0.2, -0.15) is 0 Å². The summed E-state index contributed by atoms with van der Waals surface area (Å²) in [5.74, 6) is 1.33. The average Bonchev–Trinajstić information content (AvgIpc) is 4.19. The third-order valence-electron chi connectivity index (χ3n) is 14.4. The number of aromatic amines is 2. The Labute approximate surface area is 468 Å². The van der Waals surface area contributed by atoms with Crippen LogP contribution in [0.5, 0.6) is 11.5 Å². The molecule has 8 aromatic rings. The second-order valence-electron chi connectivity index (χ2n) is 19.3. The van der Waals surface area contributed by atoms with Crippen molar-refractivity contribution in [3.63, 3.8) is 0 Å². The minimum atomic E-state index is -3.45. The Morgan fingerprint density at radius 1 is 0.544 bits per heavy atom. The molecule has 7 atom stereocenters. The second kappa shape index (κ2) is 23.9. The van der Waals surface area contributed by atoms with E-state index in [9.17, 15) is 19.2 Å². The third-order valence-corrected chi connectivity index (χ3v) is 17.2. The van der Waals surface area contributed by atoms with Crippen molar-refractivity contribution in [2.24, 2.45) is 0 Å². The zero-order chi connectivity index (χ0) is 55.3. The van der Waals surface area contributed by atoms with Crippen LogP contribution in [0.4, 0.5) is 0 Å². The summed E-state index contributed by atoms with van der Waals surface area (Å²) in [6.07, 6.45) is -2.02. The van der Waals surface area contributed by atoms with Crippen LogP contribution in [-0.4, -0.2) is 86.5 Å². The number of hydrogen-bond donors (Lipinski definition) is 2. The molecule has 0 saturated carbocycles. The van der Waals surface area contributed by atoms with Gasteiger partial charge in [0.1, 0.15) is 0 Å². The Bertz CT molecular complexity index is 3580. The summed E-state index contributed by atoms with van der Waals surface area (Å²) < 4.78 is 55.9. The van der Waals surface area contributed by atoms with Crippen LogP contribution < -0.4 is 32.0 Å². The maximum absolute atomic E-state index is 13.6. The van der Waals surface area contributed by atoms with E-state index in [4.69, 9.17) is 49.3 Å². The standard InChI is InChI=1S/C60H58N4O12PSSe/c1-39-35-63(57(67)61-55(39)65)53-33-49(75-60(43-21-13-7-14-22-43,44-23-15-8-16-24-44)46-27-31-48(70-4)32-28-46)52(74-53)38-72-77(78,79)76-50-34-54(64-36-40(2)56(66)62-58(64)68)73-51(50)37-71-59(41-17-9-5-10-18-41,42-19-11-6-12-20-42)45-25-29-47(69-3)30-26-45/h5-32,35-36,49-54H,33-34,37-38H2,1-4H3,(H,61,65,67)(H,62,66,68)/t49-,50-,51+,52+,53+,54+,77?/m0/s1. The quantitative estimate of drug-likeness (QED) is 0.0422. The zero-order valence-electron chi connectivity index (χ0n) is 43.7. The fourth-order valence-corrected chi connectivity index (χ4v) is 13.0. The molecule has 1 unspecified atom stereocenters. The molecule has 2 aliphatic heterocycles. The molecular formula is C60H58N4O12PSSe. The van der Waals surface area contributed by atoms with Gasteiger partial charge in [0.05, 0.1) is 14.2 Å². The summed E-state index contributed by atoms with van der Waals surface area (Å²) in [6.45, 7) is 2.97. The zero-order valence-corrected chi connectivity index (χ0v) is 47.1. The van der Waals surface area contributed by atoms with E-state index in [0.29, 0.717) is 22.6 Å². The molecule has 1 radical (unpaired) electrons. The molecule has 407 valence electrons. The van der Waals surface area contributed by atoms with E-state index in [2.05, 4.69) is 25.5 Å². The molecule has 2 N–H and O–H groups in total. The van der Waals surface area contributed by atoms with Crippen molar-refractivity contribution in [3.8, 4) is 11.5 Å². The Morgan fingerprint density at radius 3 is 1.33 bits per heavy atom. The molecule has 0 aliphatic carbocycles. The molecule has 19 heteroatoms. The molecule has 2 fully saturated rings. The van der Waals surface area contributed by atoms with Crippen LogP contribution in [0.25, 0.3) is 0 Å². The summed E-state index contributed by atoms with van der Waals surface area (Å²) in [6, 6.07) is 54.7. The second-order valence-corrected chi connectivity index (χ2v) is 26.7. The molecule has 2 saturated heterocycles. The van der Waals surface area contributed by atoms with Crippen LogP contribution >= 0.6 is 5.18 Å². The number of benzene rings is 6. The number of aromatic nitrogens is 4. The molecule has 10 rings (SSSR count). The Kier molecular flexibility index (Phi) is 16.8. The number of nitrogens with one attached hydrogen (secondary N) is 2. The number of H-pyrrole nitrogens is 2. The Hall–Kier alpha value is -6.79. The van der Waals surface area contributed by atoms with Crippen molar-refractivity contribution in [2.45, 2.75) is 74.8 Å². The average molecular weight is 1170 g/mol. The first-order valence-electron chi connectivity index (χ1n) is 25.6. The van der Waals surface area contributed by atoms with E-state index in [0.717, 1.165) is 33.4 Å². The van der Waals surface area contributed by atoms with E-state index in [1.807, 2.05) is 170 Å². The predicted molar refractivity (Wildman–Crippen MR) is 302 cm³/mol. The maximum atomic E-state index is 13.6. The van der Waals surface area contributed by atoms with Gasteiger partial charge >= 0.3 is 457 Å². The van der Waals surface area contributed by atoms with E-state index in [1.165, 1.54) is 21.5 Å². The SMILES string of the molecule is COc1ccc(C(OC[C@H]2O[C@@H](n3cc(C)c(=O)[nH]c3=O)C[C@@H]2OP(=S)([Se])OC[C@H]2O[C@@H](n3cc(C)c(=O)[nH]c3=O)C[C@@H]2OC(c2ccccc2)(c2ccccc2)c2ccc(OC)cc2)(c2ccccc2)c2ccccc2)cc1. The first-order valence-corrected chi connectivity index (χ1v) is 30.5. The first kappa shape index (κ1) is 55.5. The number of nitrogens with zero attached hydrogens (tertiary/aromatic N) is 2. The number of aryl methyl sites for hydroxylation is 2. The van der Waals surface area contributed by atoms with Gasteiger partial charge in [0, 0.05) is 0 Å². The van der Waals surface area contributed by atoms with E-state index in [1.54, 1.807) is 28.1 Å². The monoisotopic (exact) mass is 1170 g/mol. The van der Waals surface area contributed by atoms with Gasteiger partial charge in [0.25, 0.3) is 0 Å². The van der Waals surface area contributed by atoms with Gasteiger partial charge in [-0.3, -0.25) is 0 Å². The molecule has 0 amide bonds. The van der Waals surface area contributed by atoms with Gasteiger partial charge in [-0.25, -0.2) is 0 Å². The van der Waals surface area contributed by atoms with Crippen LogP contribution in [0, 0.1) is 13.8 Å². The molecule has 4 heterocycles. The summed E-state index contributed by atoms with van der Waals surface area (Å²) in [5, 5.41) is -3.45. The fourth-order valence-electron chi connectivity index (χ4n) is 10.5. The van der Waals surface area contributed by atoms with Crippen molar-refractivity contribution in [1.29, 1.82) is 0 Å². The molecule has 79 heavy (non-hydrogen) atoms. The van der Waals surface area contributed by atoms with Gasteiger partial charge in [-0.05, 0) is 0 Å².